The molecule has 1 atom stereocenters. The quantitative estimate of drug-likeness (QED) is 0.847. The molecule has 8 heteroatoms. The van der Waals surface area contributed by atoms with Crippen LogP contribution in [-0.4, -0.2) is 39.8 Å². The van der Waals surface area contributed by atoms with E-state index in [0.717, 1.165) is 6.07 Å². The molecule has 0 unspecified atom stereocenters. The lowest BCUT2D eigenvalue weighted by atomic mass is 10.3. The Morgan fingerprint density at radius 1 is 1.40 bits per heavy atom. The third-order valence-electron chi connectivity index (χ3n) is 2.37. The van der Waals surface area contributed by atoms with Gasteiger partial charge in [0.2, 0.25) is 5.91 Å². The van der Waals surface area contributed by atoms with Gasteiger partial charge >= 0.3 is 0 Å². The van der Waals surface area contributed by atoms with Crippen molar-refractivity contribution in [2.24, 2.45) is 0 Å². The van der Waals surface area contributed by atoms with E-state index in [9.17, 15) is 22.0 Å². The first-order chi connectivity index (χ1) is 9.26. The summed E-state index contributed by atoms with van der Waals surface area (Å²) in [6.07, 6.45) is 0. The van der Waals surface area contributed by atoms with Crippen LogP contribution in [-0.2, 0) is 19.4 Å². The number of halogens is 2. The predicted molar refractivity (Wildman–Crippen MR) is 67.9 cm³/mol. The van der Waals surface area contributed by atoms with Crippen LogP contribution >= 0.6 is 0 Å². The summed E-state index contributed by atoms with van der Waals surface area (Å²) in [5.41, 5.74) is 0. The zero-order valence-electron chi connectivity index (χ0n) is 11.0. The molecule has 1 amide bonds. The molecule has 0 fully saturated rings. The fourth-order valence-corrected chi connectivity index (χ4v) is 2.82. The first-order valence-electron chi connectivity index (χ1n) is 5.72. The van der Waals surface area contributed by atoms with E-state index in [1.165, 1.54) is 7.11 Å². The van der Waals surface area contributed by atoms with Gasteiger partial charge < -0.3 is 10.1 Å². The minimum atomic E-state index is -4.24. The maximum atomic E-state index is 13.4. The lowest BCUT2D eigenvalue weighted by molar-refractivity contribution is -0.119. The van der Waals surface area contributed by atoms with Crippen molar-refractivity contribution in [3.8, 4) is 0 Å². The van der Waals surface area contributed by atoms with E-state index >= 15 is 0 Å². The zero-order valence-corrected chi connectivity index (χ0v) is 11.8. The number of rotatable bonds is 6. The minimum Gasteiger partial charge on any atom is -0.383 e. The molecule has 0 bridgehead atoms. The van der Waals surface area contributed by atoms with Gasteiger partial charge in [0.05, 0.1) is 6.61 Å². The molecule has 0 heterocycles. The number of carbonyl (C=O) groups excluding carboxylic acids is 1. The SMILES string of the molecule is COC[C@H](C)NC(=O)CS(=O)(=O)c1cc(F)ccc1F. The number of hydrogen-bond donors (Lipinski definition) is 1. The summed E-state index contributed by atoms with van der Waals surface area (Å²) < 4.78 is 54.9. The van der Waals surface area contributed by atoms with Crippen LogP contribution in [0.3, 0.4) is 0 Å². The van der Waals surface area contributed by atoms with Crippen LogP contribution in [0.1, 0.15) is 6.92 Å². The average molecular weight is 307 g/mol. The molecule has 5 nitrogen and oxygen atoms in total. The van der Waals surface area contributed by atoms with Crippen molar-refractivity contribution in [1.82, 2.24) is 5.32 Å². The average Bonchev–Trinajstić information content (AvgIpc) is 2.31. The number of carbonyl (C=O) groups is 1. The Morgan fingerprint density at radius 3 is 2.65 bits per heavy atom. The van der Waals surface area contributed by atoms with Gasteiger partial charge in [-0.05, 0) is 25.1 Å². The molecule has 0 saturated heterocycles. The maximum Gasteiger partial charge on any atom is 0.235 e. The second-order valence-corrected chi connectivity index (χ2v) is 6.22. The Labute approximate surface area is 115 Å². The van der Waals surface area contributed by atoms with Gasteiger partial charge in [0.15, 0.2) is 9.84 Å². The van der Waals surface area contributed by atoms with Crippen molar-refractivity contribution in [3.63, 3.8) is 0 Å². The number of methoxy groups -OCH3 is 1. The van der Waals surface area contributed by atoms with Crippen LogP contribution in [0.5, 0.6) is 0 Å². The van der Waals surface area contributed by atoms with Crippen LogP contribution in [0.2, 0.25) is 0 Å². The van der Waals surface area contributed by atoms with Crippen LogP contribution < -0.4 is 5.32 Å². The Balaban J connectivity index is 2.85. The highest BCUT2D eigenvalue weighted by Crippen LogP contribution is 2.17. The Bertz CT molecular complexity index is 589. The summed E-state index contributed by atoms with van der Waals surface area (Å²) in [6.45, 7) is 1.83. The van der Waals surface area contributed by atoms with E-state index in [4.69, 9.17) is 4.74 Å². The highest BCUT2D eigenvalue weighted by atomic mass is 32.2. The molecule has 20 heavy (non-hydrogen) atoms. The molecule has 1 rings (SSSR count). The number of amides is 1. The monoisotopic (exact) mass is 307 g/mol. The smallest absolute Gasteiger partial charge is 0.235 e. The topological polar surface area (TPSA) is 72.5 Å². The van der Waals surface area contributed by atoms with Gasteiger partial charge in [-0.1, -0.05) is 0 Å². The van der Waals surface area contributed by atoms with Crippen molar-refractivity contribution in [1.29, 1.82) is 0 Å². The Kier molecular flexibility index (Phi) is 5.58. The van der Waals surface area contributed by atoms with E-state index in [-0.39, 0.29) is 12.6 Å². The highest BCUT2D eigenvalue weighted by Gasteiger charge is 2.24. The molecule has 0 radical (unpaired) electrons. The molecule has 1 aromatic carbocycles. The van der Waals surface area contributed by atoms with E-state index < -0.39 is 38.0 Å². The van der Waals surface area contributed by atoms with Crippen LogP contribution in [0.25, 0.3) is 0 Å². The normalized spacial score (nSPS) is 13.0. The first-order valence-corrected chi connectivity index (χ1v) is 7.37. The summed E-state index contributed by atoms with van der Waals surface area (Å²) in [5, 5.41) is 2.38. The van der Waals surface area contributed by atoms with Gasteiger partial charge in [-0.2, -0.15) is 0 Å². The van der Waals surface area contributed by atoms with Gasteiger partial charge in [-0.15, -0.1) is 0 Å². The molecule has 0 aliphatic heterocycles. The van der Waals surface area contributed by atoms with E-state index in [1.54, 1.807) is 6.92 Å². The molecule has 0 spiro atoms. The number of benzene rings is 1. The van der Waals surface area contributed by atoms with Crippen LogP contribution in [0, 0.1) is 11.6 Å². The molecule has 0 aliphatic rings. The van der Waals surface area contributed by atoms with E-state index in [1.807, 2.05) is 0 Å². The lowest BCUT2D eigenvalue weighted by Gasteiger charge is -2.13. The molecule has 1 N–H and O–H groups in total. The summed E-state index contributed by atoms with van der Waals surface area (Å²) in [4.78, 5) is 10.7. The summed E-state index contributed by atoms with van der Waals surface area (Å²) >= 11 is 0. The molecule has 112 valence electrons. The van der Waals surface area contributed by atoms with Crippen molar-refractivity contribution >= 4 is 15.7 Å². The van der Waals surface area contributed by atoms with Crippen molar-refractivity contribution in [3.05, 3.63) is 29.8 Å². The summed E-state index contributed by atoms with van der Waals surface area (Å²) in [7, 11) is -2.81. The third kappa shape index (κ3) is 4.53. The predicted octanol–water partition coefficient (Wildman–Crippen LogP) is 0.890. The van der Waals surface area contributed by atoms with E-state index in [0.29, 0.717) is 12.1 Å². The molecular formula is C12H15F2NO4S. The standard InChI is InChI=1S/C12H15F2NO4S/c1-8(6-19-2)15-12(16)7-20(17,18)11-5-9(13)3-4-10(11)14/h3-5,8H,6-7H2,1-2H3,(H,15,16)/t8-/m0/s1. The number of ether oxygens (including phenoxy) is 1. The molecular weight excluding hydrogens is 292 g/mol. The van der Waals surface area contributed by atoms with Crippen LogP contribution in [0.15, 0.2) is 23.1 Å². The fourth-order valence-electron chi connectivity index (χ4n) is 1.57. The molecule has 0 aromatic heterocycles. The first kappa shape index (κ1) is 16.5. The summed E-state index contributed by atoms with van der Waals surface area (Å²) in [6, 6.07) is 1.67. The number of sulfone groups is 1. The maximum absolute atomic E-state index is 13.4. The summed E-state index contributed by atoms with van der Waals surface area (Å²) in [5.74, 6) is -3.75. The van der Waals surface area contributed by atoms with Gasteiger partial charge in [-0.3, -0.25) is 4.79 Å². The minimum absolute atomic E-state index is 0.208. The van der Waals surface area contributed by atoms with Crippen molar-refractivity contribution in [2.45, 2.75) is 17.9 Å². The van der Waals surface area contributed by atoms with Crippen molar-refractivity contribution < 1.29 is 26.7 Å². The highest BCUT2D eigenvalue weighted by molar-refractivity contribution is 7.92. The van der Waals surface area contributed by atoms with E-state index in [2.05, 4.69) is 5.32 Å². The molecule has 0 saturated carbocycles. The second-order valence-electron chi connectivity index (χ2n) is 4.26. The van der Waals surface area contributed by atoms with Crippen molar-refractivity contribution in [2.75, 3.05) is 19.5 Å². The van der Waals surface area contributed by atoms with Gasteiger partial charge in [-0.25, -0.2) is 17.2 Å². The number of nitrogens with one attached hydrogen (secondary N) is 1. The second kappa shape index (κ2) is 6.76. The largest absolute Gasteiger partial charge is 0.383 e. The Hall–Kier alpha value is -1.54. The van der Waals surface area contributed by atoms with Crippen LogP contribution in [0.4, 0.5) is 8.78 Å². The lowest BCUT2D eigenvalue weighted by Crippen LogP contribution is -2.39. The van der Waals surface area contributed by atoms with Gasteiger partial charge in [0.1, 0.15) is 22.3 Å². The fraction of sp³-hybridized carbons (Fsp3) is 0.417. The molecule has 0 aliphatic carbocycles. The van der Waals surface area contributed by atoms with Gasteiger partial charge in [0, 0.05) is 13.2 Å². The third-order valence-corrected chi connectivity index (χ3v) is 4.00. The van der Waals surface area contributed by atoms with Gasteiger partial charge in [0.25, 0.3) is 0 Å². The Morgan fingerprint density at radius 2 is 2.05 bits per heavy atom. The number of hydrogen-bond acceptors (Lipinski definition) is 4. The zero-order chi connectivity index (χ0) is 15.3. The molecule has 1 aromatic rings.